The van der Waals surface area contributed by atoms with E-state index in [1.54, 1.807) is 36.4 Å². The van der Waals surface area contributed by atoms with Gasteiger partial charge in [-0.25, -0.2) is 9.59 Å². The van der Waals surface area contributed by atoms with Crippen LogP contribution in [0.3, 0.4) is 0 Å². The lowest BCUT2D eigenvalue weighted by Gasteiger charge is -2.31. The standard InChI is InChI=1S/C32H41N3O9/c1-41-22-27-29(24-12-6-3-7-13-24)44-31(39)26(35-32(40)43-21-23-10-4-2-5-11-23)15-9-8-14-25(30(38)34-27)20-28(37)33-16-18-42-19-17-36/h2-13,25-27,29,36H,14-22H2,1H3,(H,33,37)(H,34,38)(H,35,40)/t25-,26-,27+,29+/m1/s1. The molecule has 0 aromatic heterocycles. The van der Waals surface area contributed by atoms with Crippen molar-refractivity contribution in [2.75, 3.05) is 40.1 Å². The van der Waals surface area contributed by atoms with Gasteiger partial charge in [-0.1, -0.05) is 72.8 Å². The van der Waals surface area contributed by atoms with E-state index >= 15 is 0 Å². The molecule has 12 heteroatoms. The van der Waals surface area contributed by atoms with Gasteiger partial charge in [0.2, 0.25) is 11.8 Å². The number of cyclic esters (lactones) is 1. The molecule has 1 heterocycles. The fourth-order valence-electron chi connectivity index (χ4n) is 4.54. The number of rotatable bonds is 13. The van der Waals surface area contributed by atoms with E-state index in [0.29, 0.717) is 5.56 Å². The third kappa shape index (κ3) is 11.8. The number of aliphatic hydroxyl groups excluding tert-OH is 1. The molecule has 44 heavy (non-hydrogen) atoms. The number of amides is 3. The topological polar surface area (TPSA) is 162 Å². The molecule has 3 rings (SSSR count). The number of benzene rings is 2. The van der Waals surface area contributed by atoms with E-state index in [1.165, 1.54) is 7.11 Å². The summed E-state index contributed by atoms with van der Waals surface area (Å²) in [5, 5.41) is 17.1. The number of esters is 1. The van der Waals surface area contributed by atoms with Gasteiger partial charge in [0.15, 0.2) is 0 Å². The van der Waals surface area contributed by atoms with E-state index in [4.69, 9.17) is 24.1 Å². The maximum atomic E-state index is 13.5. The van der Waals surface area contributed by atoms with Gasteiger partial charge in [0, 0.05) is 20.1 Å². The number of ether oxygens (including phenoxy) is 4. The highest BCUT2D eigenvalue weighted by molar-refractivity contribution is 5.86. The van der Waals surface area contributed by atoms with Crippen LogP contribution in [0.1, 0.15) is 36.5 Å². The molecule has 238 valence electrons. The zero-order valence-corrected chi connectivity index (χ0v) is 24.8. The Hall–Kier alpha value is -4.26. The minimum absolute atomic E-state index is 0.00669. The van der Waals surface area contributed by atoms with Crippen LogP contribution in [-0.4, -0.2) is 81.1 Å². The second kappa shape index (κ2) is 19.1. The molecule has 0 radical (unpaired) electrons. The van der Waals surface area contributed by atoms with Crippen LogP contribution in [0.5, 0.6) is 0 Å². The molecule has 2 aromatic carbocycles. The largest absolute Gasteiger partial charge is 0.454 e. The molecule has 1 aliphatic rings. The lowest BCUT2D eigenvalue weighted by atomic mass is 9.96. The summed E-state index contributed by atoms with van der Waals surface area (Å²) in [6.07, 6.45) is 1.79. The van der Waals surface area contributed by atoms with Gasteiger partial charge < -0.3 is 40.0 Å². The van der Waals surface area contributed by atoms with Gasteiger partial charge in [-0.2, -0.15) is 0 Å². The van der Waals surface area contributed by atoms with E-state index in [9.17, 15) is 19.2 Å². The highest BCUT2D eigenvalue weighted by atomic mass is 16.6. The zero-order valence-electron chi connectivity index (χ0n) is 24.8. The number of hydrogen-bond acceptors (Lipinski definition) is 9. The van der Waals surface area contributed by atoms with Crippen LogP contribution in [-0.2, 0) is 39.9 Å². The molecule has 0 spiro atoms. The number of carbonyl (C=O) groups excluding carboxylic acids is 4. The number of hydrogen-bond donors (Lipinski definition) is 4. The zero-order chi connectivity index (χ0) is 31.6. The number of nitrogens with one attached hydrogen (secondary N) is 3. The summed E-state index contributed by atoms with van der Waals surface area (Å²) in [5.74, 6) is -2.19. The minimum atomic E-state index is -1.08. The van der Waals surface area contributed by atoms with E-state index in [0.717, 1.165) is 5.56 Å². The predicted molar refractivity (Wildman–Crippen MR) is 160 cm³/mol. The first-order chi connectivity index (χ1) is 21.4. The fourth-order valence-corrected chi connectivity index (χ4v) is 4.54. The summed E-state index contributed by atoms with van der Waals surface area (Å²) < 4.78 is 21.8. The Morgan fingerprint density at radius 3 is 2.41 bits per heavy atom. The SMILES string of the molecule is COC[C@@H]1NC(=O)[C@@H](CC(=O)NCCOCCO)CC=CC[C@@H](NC(=O)OCc2ccccc2)C(=O)O[C@H]1c1ccccc1. The summed E-state index contributed by atoms with van der Waals surface area (Å²) in [6, 6.07) is 16.2. The average Bonchev–Trinajstić information content (AvgIpc) is 3.03. The Balaban J connectivity index is 1.80. The molecule has 0 aliphatic carbocycles. The third-order valence-electron chi connectivity index (χ3n) is 6.77. The molecule has 4 atom stereocenters. The van der Waals surface area contributed by atoms with Crippen molar-refractivity contribution < 1.29 is 43.2 Å². The molecule has 1 aliphatic heterocycles. The lowest BCUT2D eigenvalue weighted by Crippen LogP contribution is -2.49. The van der Waals surface area contributed by atoms with Crippen molar-refractivity contribution in [2.24, 2.45) is 5.92 Å². The average molecular weight is 612 g/mol. The van der Waals surface area contributed by atoms with Crippen LogP contribution < -0.4 is 16.0 Å². The number of allylic oxidation sites excluding steroid dienone is 1. The summed E-state index contributed by atoms with van der Waals surface area (Å²) in [5.41, 5.74) is 1.40. The van der Waals surface area contributed by atoms with Crippen molar-refractivity contribution in [1.29, 1.82) is 0 Å². The van der Waals surface area contributed by atoms with Crippen molar-refractivity contribution in [1.82, 2.24) is 16.0 Å². The maximum Gasteiger partial charge on any atom is 0.408 e. The summed E-state index contributed by atoms with van der Waals surface area (Å²) >= 11 is 0. The molecule has 0 unspecified atom stereocenters. The Kier molecular flexibility index (Phi) is 14.9. The van der Waals surface area contributed by atoms with Gasteiger partial charge >= 0.3 is 12.1 Å². The van der Waals surface area contributed by atoms with Crippen LogP contribution >= 0.6 is 0 Å². The van der Waals surface area contributed by atoms with E-state index in [1.807, 2.05) is 36.4 Å². The van der Waals surface area contributed by atoms with E-state index in [-0.39, 0.29) is 64.7 Å². The number of alkyl carbamates (subject to hydrolysis) is 1. The van der Waals surface area contributed by atoms with Gasteiger partial charge in [0.1, 0.15) is 18.8 Å². The molecule has 2 aromatic rings. The quantitative estimate of drug-likeness (QED) is 0.151. The normalized spacial score (nSPS) is 20.8. The smallest absolute Gasteiger partial charge is 0.408 e. The van der Waals surface area contributed by atoms with E-state index in [2.05, 4.69) is 16.0 Å². The van der Waals surface area contributed by atoms with Crippen molar-refractivity contribution in [3.8, 4) is 0 Å². The first kappa shape index (κ1) is 34.2. The molecule has 3 amide bonds. The second-order valence-electron chi connectivity index (χ2n) is 10.1. The Bertz CT molecular complexity index is 1210. The van der Waals surface area contributed by atoms with Crippen molar-refractivity contribution in [3.63, 3.8) is 0 Å². The fraction of sp³-hybridized carbons (Fsp3) is 0.438. The summed E-state index contributed by atoms with van der Waals surface area (Å²) in [7, 11) is 1.46. The molecular formula is C32H41N3O9. The first-order valence-electron chi connectivity index (χ1n) is 14.5. The minimum Gasteiger partial charge on any atom is -0.454 e. The lowest BCUT2D eigenvalue weighted by molar-refractivity contribution is -0.155. The van der Waals surface area contributed by atoms with Crippen LogP contribution in [0, 0.1) is 5.92 Å². The van der Waals surface area contributed by atoms with Crippen LogP contribution in [0.4, 0.5) is 4.79 Å². The molecule has 0 saturated carbocycles. The number of aliphatic hydroxyl groups is 1. The van der Waals surface area contributed by atoms with Gasteiger partial charge in [-0.3, -0.25) is 9.59 Å². The Morgan fingerprint density at radius 1 is 1.00 bits per heavy atom. The monoisotopic (exact) mass is 611 g/mol. The first-order valence-corrected chi connectivity index (χ1v) is 14.5. The molecule has 12 nitrogen and oxygen atoms in total. The third-order valence-corrected chi connectivity index (χ3v) is 6.77. The van der Waals surface area contributed by atoms with Crippen LogP contribution in [0.2, 0.25) is 0 Å². The highest BCUT2D eigenvalue weighted by Crippen LogP contribution is 2.25. The van der Waals surface area contributed by atoms with Gasteiger partial charge in [-0.15, -0.1) is 0 Å². The summed E-state index contributed by atoms with van der Waals surface area (Å²) in [6.45, 7) is 0.541. The Morgan fingerprint density at radius 2 is 1.70 bits per heavy atom. The molecule has 4 N–H and O–H groups in total. The molecule has 0 bridgehead atoms. The molecule has 0 fully saturated rings. The van der Waals surface area contributed by atoms with Gasteiger partial charge in [-0.05, 0) is 24.0 Å². The number of methoxy groups -OCH3 is 1. The molecule has 0 saturated heterocycles. The van der Waals surface area contributed by atoms with Crippen molar-refractivity contribution in [3.05, 3.63) is 83.9 Å². The Labute approximate surface area is 257 Å². The van der Waals surface area contributed by atoms with Crippen LogP contribution in [0.25, 0.3) is 0 Å². The second-order valence-corrected chi connectivity index (χ2v) is 10.1. The van der Waals surface area contributed by atoms with Crippen molar-refractivity contribution in [2.45, 2.75) is 44.1 Å². The van der Waals surface area contributed by atoms with E-state index < -0.39 is 42.1 Å². The van der Waals surface area contributed by atoms with Gasteiger partial charge in [0.25, 0.3) is 0 Å². The number of carbonyl (C=O) groups is 4. The predicted octanol–water partition coefficient (Wildman–Crippen LogP) is 2.18. The maximum absolute atomic E-state index is 13.5. The summed E-state index contributed by atoms with van der Waals surface area (Å²) in [4.78, 5) is 52.3. The van der Waals surface area contributed by atoms with Crippen molar-refractivity contribution >= 4 is 23.9 Å². The highest BCUT2D eigenvalue weighted by Gasteiger charge is 2.34. The van der Waals surface area contributed by atoms with Gasteiger partial charge in [0.05, 0.1) is 38.4 Å². The van der Waals surface area contributed by atoms with Crippen LogP contribution in [0.15, 0.2) is 72.8 Å². The molecular weight excluding hydrogens is 570 g/mol.